The molecule has 2 heterocycles. The molecule has 3 aromatic rings. The van der Waals surface area contributed by atoms with Crippen molar-refractivity contribution in [2.24, 2.45) is 0 Å². The van der Waals surface area contributed by atoms with Crippen LogP contribution in [0.15, 0.2) is 48.8 Å². The molecule has 0 saturated heterocycles. The maximum Gasteiger partial charge on any atom is 0.369 e. The van der Waals surface area contributed by atoms with Crippen LogP contribution in [0.3, 0.4) is 0 Å². The Morgan fingerprint density at radius 1 is 1.17 bits per heavy atom. The molecule has 5 nitrogen and oxygen atoms in total. The van der Waals surface area contributed by atoms with Gasteiger partial charge >= 0.3 is 6.03 Å². The number of hydrogen-bond acceptors (Lipinski definition) is 3. The Morgan fingerprint density at radius 3 is 2.48 bits per heavy atom. The van der Waals surface area contributed by atoms with Crippen LogP contribution in [0.4, 0.5) is 4.79 Å². The van der Waals surface area contributed by atoms with E-state index in [0.29, 0.717) is 0 Å². The van der Waals surface area contributed by atoms with Crippen molar-refractivity contribution in [1.82, 2.24) is 19.6 Å². The van der Waals surface area contributed by atoms with Crippen LogP contribution < -0.4 is 0 Å². The third kappa shape index (κ3) is 2.70. The fourth-order valence-electron chi connectivity index (χ4n) is 2.86. The molecule has 1 aromatic carbocycles. The molecule has 0 aliphatic heterocycles. The molecule has 0 saturated carbocycles. The predicted octanol–water partition coefficient (Wildman–Crippen LogP) is 3.95. The molecular weight excluding hydrogens is 288 g/mol. The van der Waals surface area contributed by atoms with Gasteiger partial charge in [-0.2, -0.15) is 19.6 Å². The van der Waals surface area contributed by atoms with Crippen LogP contribution in [0.25, 0.3) is 11.3 Å². The summed E-state index contributed by atoms with van der Waals surface area (Å²) in [6, 6.07) is 11.5. The minimum Gasteiger partial charge on any atom is -0.244 e. The highest BCUT2D eigenvalue weighted by atomic mass is 16.2. The van der Waals surface area contributed by atoms with E-state index in [2.05, 4.69) is 31.0 Å². The van der Waals surface area contributed by atoms with Crippen molar-refractivity contribution < 1.29 is 4.79 Å². The van der Waals surface area contributed by atoms with Crippen LogP contribution in [-0.2, 0) is 6.42 Å². The average Bonchev–Trinajstić information content (AvgIpc) is 3.22. The van der Waals surface area contributed by atoms with Gasteiger partial charge in [0, 0.05) is 23.5 Å². The molecule has 0 amide bonds. The van der Waals surface area contributed by atoms with E-state index in [1.54, 1.807) is 18.5 Å². The van der Waals surface area contributed by atoms with Crippen molar-refractivity contribution in [3.8, 4) is 11.3 Å². The molecule has 23 heavy (non-hydrogen) atoms. The lowest BCUT2D eigenvalue weighted by atomic mass is 9.98. The van der Waals surface area contributed by atoms with Crippen LogP contribution in [-0.4, -0.2) is 25.6 Å². The molecule has 0 aliphatic rings. The summed E-state index contributed by atoms with van der Waals surface area (Å²) in [4.78, 5) is 12.7. The second-order valence-electron chi connectivity index (χ2n) is 5.73. The van der Waals surface area contributed by atoms with Gasteiger partial charge in [0.25, 0.3) is 0 Å². The Hall–Kier alpha value is -2.69. The van der Waals surface area contributed by atoms with E-state index in [9.17, 15) is 4.79 Å². The van der Waals surface area contributed by atoms with Crippen molar-refractivity contribution in [3.05, 3.63) is 60.0 Å². The lowest BCUT2D eigenvalue weighted by Gasteiger charge is -2.10. The zero-order valence-electron chi connectivity index (χ0n) is 13.6. The molecule has 2 aromatic heterocycles. The Bertz CT molecular complexity index is 801. The Labute approximate surface area is 135 Å². The van der Waals surface area contributed by atoms with Crippen LogP contribution in [0.5, 0.6) is 0 Å². The van der Waals surface area contributed by atoms with Gasteiger partial charge in [-0.15, -0.1) is 0 Å². The minimum absolute atomic E-state index is 0.189. The van der Waals surface area contributed by atoms with Crippen LogP contribution in [0.1, 0.15) is 37.9 Å². The minimum atomic E-state index is -0.254. The highest BCUT2D eigenvalue weighted by Gasteiger charge is 2.24. The van der Waals surface area contributed by atoms with Gasteiger partial charge in [-0.25, -0.2) is 4.79 Å². The summed E-state index contributed by atoms with van der Waals surface area (Å²) in [5, 5.41) is 8.67. The number of aromatic nitrogens is 4. The van der Waals surface area contributed by atoms with Crippen molar-refractivity contribution in [1.29, 1.82) is 0 Å². The number of nitrogens with zero attached hydrogens (tertiary/aromatic N) is 4. The van der Waals surface area contributed by atoms with E-state index in [0.717, 1.165) is 28.9 Å². The van der Waals surface area contributed by atoms with E-state index in [4.69, 9.17) is 0 Å². The molecular formula is C18H20N4O. The summed E-state index contributed by atoms with van der Waals surface area (Å²) in [6.07, 6.45) is 4.06. The molecule has 0 aliphatic carbocycles. The van der Waals surface area contributed by atoms with E-state index in [1.165, 1.54) is 9.36 Å². The number of rotatable bonds is 3. The lowest BCUT2D eigenvalue weighted by Crippen LogP contribution is -2.23. The van der Waals surface area contributed by atoms with E-state index >= 15 is 0 Å². The van der Waals surface area contributed by atoms with Crippen LogP contribution >= 0.6 is 0 Å². The second kappa shape index (κ2) is 6.20. The topological polar surface area (TPSA) is 52.7 Å². The van der Waals surface area contributed by atoms with Gasteiger partial charge in [-0.3, -0.25) is 0 Å². The van der Waals surface area contributed by atoms with Crippen molar-refractivity contribution >= 4 is 6.03 Å². The maximum atomic E-state index is 12.7. The zero-order valence-corrected chi connectivity index (χ0v) is 13.6. The van der Waals surface area contributed by atoms with Crippen molar-refractivity contribution in [3.63, 3.8) is 0 Å². The number of carbonyl (C=O) groups excluding carboxylic acids is 1. The fraction of sp³-hybridized carbons (Fsp3) is 0.278. The monoisotopic (exact) mass is 308 g/mol. The van der Waals surface area contributed by atoms with E-state index in [1.807, 2.05) is 30.3 Å². The van der Waals surface area contributed by atoms with Crippen molar-refractivity contribution in [2.75, 3.05) is 0 Å². The number of benzene rings is 1. The number of carbonyl (C=O) groups is 1. The second-order valence-corrected chi connectivity index (χ2v) is 5.73. The zero-order chi connectivity index (χ0) is 16.4. The normalized spacial score (nSPS) is 11.1. The summed E-state index contributed by atoms with van der Waals surface area (Å²) >= 11 is 0. The Balaban J connectivity index is 2.20. The molecule has 0 bridgehead atoms. The maximum absolute atomic E-state index is 12.7. The van der Waals surface area contributed by atoms with Crippen molar-refractivity contribution in [2.45, 2.75) is 33.1 Å². The molecule has 0 spiro atoms. The quantitative estimate of drug-likeness (QED) is 0.736. The molecule has 3 rings (SSSR count). The third-order valence-electron chi connectivity index (χ3n) is 3.85. The summed E-state index contributed by atoms with van der Waals surface area (Å²) in [7, 11) is 0. The predicted molar refractivity (Wildman–Crippen MR) is 89.5 cm³/mol. The fourth-order valence-corrected chi connectivity index (χ4v) is 2.86. The summed E-state index contributed by atoms with van der Waals surface area (Å²) in [6.45, 7) is 6.26. The van der Waals surface area contributed by atoms with Gasteiger partial charge in [0.15, 0.2) is 0 Å². The van der Waals surface area contributed by atoms with Crippen LogP contribution in [0.2, 0.25) is 0 Å². The number of hydrogen-bond donors (Lipinski definition) is 0. The average molecular weight is 308 g/mol. The van der Waals surface area contributed by atoms with Gasteiger partial charge in [0.2, 0.25) is 0 Å². The highest BCUT2D eigenvalue weighted by molar-refractivity contribution is 5.80. The van der Waals surface area contributed by atoms with Gasteiger partial charge in [0.05, 0.1) is 11.4 Å². The first-order valence-corrected chi connectivity index (χ1v) is 7.85. The first kappa shape index (κ1) is 15.2. The molecule has 0 fully saturated rings. The SMILES string of the molecule is CCc1c(-c2ccccc2)nn(C(=O)n2cccn2)c1C(C)C. The standard InChI is InChI=1S/C18H20N4O/c1-4-15-16(14-9-6-5-7-10-14)20-22(17(15)13(2)3)18(23)21-12-8-11-19-21/h5-13H,4H2,1-3H3. The summed E-state index contributed by atoms with van der Waals surface area (Å²) < 4.78 is 2.81. The molecule has 118 valence electrons. The van der Waals surface area contributed by atoms with Crippen LogP contribution in [0, 0.1) is 0 Å². The highest BCUT2D eigenvalue weighted by Crippen LogP contribution is 2.30. The van der Waals surface area contributed by atoms with Gasteiger partial charge in [-0.1, -0.05) is 51.1 Å². The van der Waals surface area contributed by atoms with Gasteiger partial charge in [0.1, 0.15) is 0 Å². The molecule has 5 heteroatoms. The first-order valence-electron chi connectivity index (χ1n) is 7.85. The van der Waals surface area contributed by atoms with E-state index < -0.39 is 0 Å². The summed E-state index contributed by atoms with van der Waals surface area (Å²) in [5.74, 6) is 0.189. The third-order valence-corrected chi connectivity index (χ3v) is 3.85. The molecule has 0 N–H and O–H groups in total. The Morgan fingerprint density at radius 2 is 1.91 bits per heavy atom. The molecule has 0 unspecified atom stereocenters. The largest absolute Gasteiger partial charge is 0.369 e. The Kier molecular flexibility index (Phi) is 4.10. The lowest BCUT2D eigenvalue weighted by molar-refractivity contribution is 0.237. The summed E-state index contributed by atoms with van der Waals surface area (Å²) in [5.41, 5.74) is 3.97. The first-order chi connectivity index (χ1) is 11.1. The van der Waals surface area contributed by atoms with Gasteiger partial charge in [-0.05, 0) is 18.4 Å². The van der Waals surface area contributed by atoms with Gasteiger partial charge < -0.3 is 0 Å². The smallest absolute Gasteiger partial charge is 0.244 e. The van der Waals surface area contributed by atoms with E-state index in [-0.39, 0.29) is 11.9 Å². The molecule has 0 atom stereocenters. The molecule has 0 radical (unpaired) electrons.